The van der Waals surface area contributed by atoms with Crippen molar-refractivity contribution in [3.63, 3.8) is 0 Å². The van der Waals surface area contributed by atoms with Crippen molar-refractivity contribution in [3.05, 3.63) is 164 Å². The number of aromatic nitrogens is 1. The zero-order valence-electron chi connectivity index (χ0n) is 24.9. The van der Waals surface area contributed by atoms with E-state index >= 15 is 0 Å². The van der Waals surface area contributed by atoms with Crippen LogP contribution in [0.4, 0.5) is 0 Å². The summed E-state index contributed by atoms with van der Waals surface area (Å²) in [6.45, 7) is 0. The van der Waals surface area contributed by atoms with E-state index in [2.05, 4.69) is 168 Å². The molecule has 0 amide bonds. The third kappa shape index (κ3) is 3.84. The van der Waals surface area contributed by atoms with Gasteiger partial charge < -0.3 is 4.57 Å². The molecule has 1 aliphatic heterocycles. The largest absolute Gasteiger partial charge is 0.309 e. The summed E-state index contributed by atoms with van der Waals surface area (Å²) in [5.74, 6) is 0. The van der Waals surface area contributed by atoms with Crippen LogP contribution in [0, 0.1) is 0 Å². The molecule has 9 aromatic rings. The van der Waals surface area contributed by atoms with Crippen molar-refractivity contribution in [1.82, 2.24) is 4.57 Å². The van der Waals surface area contributed by atoms with Gasteiger partial charge in [-0.3, -0.25) is 0 Å². The van der Waals surface area contributed by atoms with E-state index < -0.39 is 0 Å². The minimum atomic E-state index is 1.18. The predicted octanol–water partition coefficient (Wildman–Crippen LogP) is 12.6. The molecule has 0 radical (unpaired) electrons. The van der Waals surface area contributed by atoms with Crippen LogP contribution >= 0.6 is 11.8 Å². The number of nitrogens with zero attached hydrogens (tertiary/aromatic N) is 1. The molecule has 0 atom stereocenters. The summed E-state index contributed by atoms with van der Waals surface area (Å²) < 4.78 is 2.40. The highest BCUT2D eigenvalue weighted by molar-refractivity contribution is 7.99. The van der Waals surface area contributed by atoms with Crippen molar-refractivity contribution >= 4 is 55.1 Å². The van der Waals surface area contributed by atoms with Gasteiger partial charge in [-0.15, -0.1) is 0 Å². The summed E-state index contributed by atoms with van der Waals surface area (Å²) in [6, 6.07) is 60.3. The van der Waals surface area contributed by atoms with E-state index in [1.165, 1.54) is 92.2 Å². The summed E-state index contributed by atoms with van der Waals surface area (Å²) >= 11 is 1.88. The van der Waals surface area contributed by atoms with E-state index in [1.54, 1.807) is 0 Å². The van der Waals surface area contributed by atoms with E-state index in [0.717, 1.165) is 0 Å². The van der Waals surface area contributed by atoms with Gasteiger partial charge in [0.2, 0.25) is 0 Å². The second kappa shape index (κ2) is 9.97. The van der Waals surface area contributed by atoms with Gasteiger partial charge in [-0.1, -0.05) is 121 Å². The molecule has 214 valence electrons. The van der Waals surface area contributed by atoms with Crippen molar-refractivity contribution in [3.8, 4) is 39.1 Å². The molecular formula is C44H27NS. The van der Waals surface area contributed by atoms with Gasteiger partial charge in [-0.05, 0) is 104 Å². The summed E-state index contributed by atoms with van der Waals surface area (Å²) in [4.78, 5) is 2.65. The first-order valence-electron chi connectivity index (χ1n) is 15.8. The maximum atomic E-state index is 2.40. The van der Waals surface area contributed by atoms with Gasteiger partial charge in [-0.25, -0.2) is 0 Å². The Morgan fingerprint density at radius 1 is 0.370 bits per heavy atom. The smallest absolute Gasteiger partial charge is 0.0547 e. The lowest BCUT2D eigenvalue weighted by Gasteiger charge is -2.21. The normalized spacial score (nSPS) is 12.3. The molecule has 0 aliphatic carbocycles. The fourth-order valence-corrected chi connectivity index (χ4v) is 8.58. The Bertz CT molecular complexity index is 2660. The molecule has 46 heavy (non-hydrogen) atoms. The predicted molar refractivity (Wildman–Crippen MR) is 196 cm³/mol. The standard InChI is InChI=1S/C44H27NS/c1-2-12-33(13-3-1)45-40-18-7-6-16-36(40)38-25-29-20-21-30(24-32(29)27-41(38)45)34-14-4-5-15-35(34)31-22-23-42-39(26-31)37-17-8-10-28-11-9-19-43(46-42)44(28)37/h1-27H. The van der Waals surface area contributed by atoms with Crippen LogP contribution in [0.25, 0.3) is 82.4 Å². The lowest BCUT2D eigenvalue weighted by molar-refractivity contribution is 1.18. The van der Waals surface area contributed by atoms with Crippen molar-refractivity contribution in [2.75, 3.05) is 0 Å². The molecule has 1 aliphatic rings. The fraction of sp³-hybridized carbons (Fsp3) is 0. The minimum Gasteiger partial charge on any atom is -0.309 e. The van der Waals surface area contributed by atoms with E-state index in [4.69, 9.17) is 0 Å². The SMILES string of the molecule is c1ccc(-n2c3ccccc3c3cc4ccc(-c5ccccc5-c5ccc6c(c5)-c5cccc7cccc(c57)S6)cc4cc32)cc1. The van der Waals surface area contributed by atoms with Crippen LogP contribution in [0.5, 0.6) is 0 Å². The van der Waals surface area contributed by atoms with E-state index in [9.17, 15) is 0 Å². The van der Waals surface area contributed by atoms with E-state index in [0.29, 0.717) is 0 Å². The molecule has 0 saturated carbocycles. The topological polar surface area (TPSA) is 4.93 Å². The zero-order valence-corrected chi connectivity index (χ0v) is 25.8. The number of hydrogen-bond donors (Lipinski definition) is 0. The maximum absolute atomic E-state index is 2.40. The van der Waals surface area contributed by atoms with E-state index in [-0.39, 0.29) is 0 Å². The molecule has 1 aromatic heterocycles. The average Bonchev–Trinajstić information content (AvgIpc) is 3.44. The number of rotatable bonds is 3. The molecule has 0 N–H and O–H groups in total. The molecule has 0 bridgehead atoms. The number of hydrogen-bond acceptors (Lipinski definition) is 1. The highest BCUT2D eigenvalue weighted by Crippen LogP contribution is 2.49. The van der Waals surface area contributed by atoms with Gasteiger partial charge in [0, 0.05) is 31.6 Å². The molecule has 10 rings (SSSR count). The number of para-hydroxylation sites is 2. The first-order valence-corrected chi connectivity index (χ1v) is 16.6. The summed E-state index contributed by atoms with van der Waals surface area (Å²) in [7, 11) is 0. The molecule has 2 heterocycles. The summed E-state index contributed by atoms with van der Waals surface area (Å²) in [5, 5.41) is 7.72. The Labute approximate surface area is 271 Å². The number of benzene rings is 8. The van der Waals surface area contributed by atoms with Gasteiger partial charge in [0.05, 0.1) is 11.0 Å². The highest BCUT2D eigenvalue weighted by atomic mass is 32.2. The lowest BCUT2D eigenvalue weighted by Crippen LogP contribution is -1.94. The van der Waals surface area contributed by atoms with Crippen LogP contribution in [0.15, 0.2) is 174 Å². The third-order valence-corrected chi connectivity index (χ3v) is 10.7. The average molecular weight is 602 g/mol. The van der Waals surface area contributed by atoms with Crippen LogP contribution in [-0.4, -0.2) is 4.57 Å². The number of fused-ring (bicyclic) bond motifs is 6. The van der Waals surface area contributed by atoms with Crippen LogP contribution in [0.1, 0.15) is 0 Å². The molecule has 8 aromatic carbocycles. The molecular weight excluding hydrogens is 575 g/mol. The Hall–Kier alpha value is -5.57. The lowest BCUT2D eigenvalue weighted by atomic mass is 9.90. The summed E-state index contributed by atoms with van der Waals surface area (Å²) in [6.07, 6.45) is 0. The van der Waals surface area contributed by atoms with Gasteiger partial charge in [0.1, 0.15) is 0 Å². The van der Waals surface area contributed by atoms with Crippen molar-refractivity contribution < 1.29 is 0 Å². The molecule has 1 nitrogen and oxygen atoms in total. The Morgan fingerprint density at radius 3 is 1.96 bits per heavy atom. The first kappa shape index (κ1) is 25.7. The summed E-state index contributed by atoms with van der Waals surface area (Å²) in [5.41, 5.74) is 11.2. The molecule has 0 unspecified atom stereocenters. The van der Waals surface area contributed by atoms with Crippen LogP contribution in [0.3, 0.4) is 0 Å². The highest BCUT2D eigenvalue weighted by Gasteiger charge is 2.20. The van der Waals surface area contributed by atoms with Gasteiger partial charge in [0.15, 0.2) is 0 Å². The van der Waals surface area contributed by atoms with Crippen molar-refractivity contribution in [1.29, 1.82) is 0 Å². The van der Waals surface area contributed by atoms with Crippen LogP contribution < -0.4 is 0 Å². The monoisotopic (exact) mass is 601 g/mol. The second-order valence-corrected chi connectivity index (χ2v) is 13.2. The van der Waals surface area contributed by atoms with Gasteiger partial charge in [-0.2, -0.15) is 0 Å². The van der Waals surface area contributed by atoms with Crippen LogP contribution in [-0.2, 0) is 0 Å². The molecule has 2 heteroatoms. The van der Waals surface area contributed by atoms with Crippen LogP contribution in [0.2, 0.25) is 0 Å². The Balaban J connectivity index is 1.14. The molecule has 0 fully saturated rings. The second-order valence-electron chi connectivity index (χ2n) is 12.1. The van der Waals surface area contributed by atoms with Crippen molar-refractivity contribution in [2.24, 2.45) is 0 Å². The minimum absolute atomic E-state index is 1.18. The zero-order chi connectivity index (χ0) is 30.2. The Morgan fingerprint density at radius 2 is 1.09 bits per heavy atom. The van der Waals surface area contributed by atoms with Gasteiger partial charge in [0.25, 0.3) is 0 Å². The molecule has 0 saturated heterocycles. The Kier molecular flexibility index (Phi) is 5.58. The first-order chi connectivity index (χ1) is 22.8. The molecule has 0 spiro atoms. The third-order valence-electron chi connectivity index (χ3n) is 9.55. The van der Waals surface area contributed by atoms with Gasteiger partial charge >= 0.3 is 0 Å². The van der Waals surface area contributed by atoms with E-state index in [1.807, 2.05) is 11.8 Å². The fourth-order valence-electron chi connectivity index (χ4n) is 7.45. The maximum Gasteiger partial charge on any atom is 0.0547 e. The van der Waals surface area contributed by atoms with Crippen molar-refractivity contribution in [2.45, 2.75) is 9.79 Å². The quantitative estimate of drug-likeness (QED) is 0.195.